The van der Waals surface area contributed by atoms with Gasteiger partial charge in [-0.25, -0.2) is 0 Å². The third kappa shape index (κ3) is 8.79. The van der Waals surface area contributed by atoms with Crippen LogP contribution < -0.4 is 4.84 Å². The van der Waals surface area contributed by atoms with Gasteiger partial charge in [-0.3, -0.25) is 0 Å². The highest BCUT2D eigenvalue weighted by Gasteiger charge is 1.99. The molecule has 2 aromatic carbocycles. The molecule has 0 radical (unpaired) electrons. The Labute approximate surface area is 139 Å². The van der Waals surface area contributed by atoms with Crippen LogP contribution in [0.5, 0.6) is 5.75 Å². The molecule has 3 nitrogen and oxygen atoms in total. The van der Waals surface area contributed by atoms with Gasteiger partial charge in [0.1, 0.15) is 11.5 Å². The highest BCUT2D eigenvalue weighted by Crippen LogP contribution is 2.09. The van der Waals surface area contributed by atoms with Crippen molar-refractivity contribution in [1.82, 2.24) is 5.06 Å². The Kier molecular flexibility index (Phi) is 9.41. The molecule has 0 saturated heterocycles. The van der Waals surface area contributed by atoms with Gasteiger partial charge in [0.15, 0.2) is 0 Å². The van der Waals surface area contributed by atoms with Crippen molar-refractivity contribution in [2.24, 2.45) is 0 Å². The summed E-state index contributed by atoms with van der Waals surface area (Å²) < 4.78 is 0. The molecule has 124 valence electrons. The molecule has 0 spiro atoms. The zero-order chi connectivity index (χ0) is 16.9. The molecule has 0 N–H and O–H groups in total. The molecule has 0 amide bonds. The van der Waals surface area contributed by atoms with Gasteiger partial charge in [-0.05, 0) is 44.9 Å². The van der Waals surface area contributed by atoms with Crippen LogP contribution >= 0.6 is 0 Å². The van der Waals surface area contributed by atoms with Crippen molar-refractivity contribution < 1.29 is 9.63 Å². The van der Waals surface area contributed by atoms with Crippen LogP contribution in [-0.4, -0.2) is 23.9 Å². The SMILES string of the molecule is CC(=O)CCc1ccccc1.CCN(CC)Oc1ccccc1. The summed E-state index contributed by atoms with van der Waals surface area (Å²) in [5, 5.41) is 1.91. The van der Waals surface area contributed by atoms with E-state index in [1.807, 2.05) is 65.7 Å². The summed E-state index contributed by atoms with van der Waals surface area (Å²) in [6.07, 6.45) is 1.53. The lowest BCUT2D eigenvalue weighted by Gasteiger charge is -2.18. The molecule has 0 fully saturated rings. The van der Waals surface area contributed by atoms with E-state index in [0.29, 0.717) is 6.42 Å². The molecule has 0 atom stereocenters. The van der Waals surface area contributed by atoms with Crippen molar-refractivity contribution in [3.05, 3.63) is 66.2 Å². The van der Waals surface area contributed by atoms with Gasteiger partial charge in [-0.1, -0.05) is 48.5 Å². The Hall–Kier alpha value is -2.13. The number of hydrogen-bond acceptors (Lipinski definition) is 3. The van der Waals surface area contributed by atoms with E-state index >= 15 is 0 Å². The fourth-order valence-corrected chi connectivity index (χ4v) is 1.95. The van der Waals surface area contributed by atoms with Crippen LogP contribution in [-0.2, 0) is 11.2 Å². The molecule has 23 heavy (non-hydrogen) atoms. The molecular formula is C20H27NO2. The first-order valence-electron chi connectivity index (χ1n) is 8.17. The number of aryl methyl sites for hydroxylation is 1. The van der Waals surface area contributed by atoms with E-state index in [1.165, 1.54) is 5.56 Å². The van der Waals surface area contributed by atoms with E-state index in [2.05, 4.69) is 13.8 Å². The van der Waals surface area contributed by atoms with Crippen LogP contribution in [0.4, 0.5) is 0 Å². The standard InChI is InChI=1S/C10H15NO.C10H12O/c1-3-11(4-2)12-10-8-6-5-7-9-10;1-9(11)7-8-10-5-3-2-4-6-10/h5-9H,3-4H2,1-2H3;2-6H,7-8H2,1H3. The van der Waals surface area contributed by atoms with Gasteiger partial charge < -0.3 is 9.63 Å². The Balaban J connectivity index is 0.000000231. The number of carbonyl (C=O) groups is 1. The van der Waals surface area contributed by atoms with Crippen LogP contribution in [0.25, 0.3) is 0 Å². The highest BCUT2D eigenvalue weighted by molar-refractivity contribution is 5.75. The summed E-state index contributed by atoms with van der Waals surface area (Å²) >= 11 is 0. The minimum Gasteiger partial charge on any atom is -0.406 e. The number of hydroxylamine groups is 2. The van der Waals surface area contributed by atoms with E-state index in [1.54, 1.807) is 6.92 Å². The fraction of sp³-hybridized carbons (Fsp3) is 0.350. The van der Waals surface area contributed by atoms with Crippen molar-refractivity contribution in [3.8, 4) is 5.75 Å². The minimum absolute atomic E-state index is 0.258. The average molecular weight is 313 g/mol. The Morgan fingerprint density at radius 3 is 1.91 bits per heavy atom. The minimum atomic E-state index is 0.258. The smallest absolute Gasteiger partial charge is 0.147 e. The quantitative estimate of drug-likeness (QED) is 0.703. The molecule has 0 bridgehead atoms. The second-order valence-corrected chi connectivity index (χ2v) is 5.21. The molecule has 0 aliphatic rings. The number of nitrogens with zero attached hydrogens (tertiary/aromatic N) is 1. The number of para-hydroxylation sites is 1. The Morgan fingerprint density at radius 1 is 0.913 bits per heavy atom. The topological polar surface area (TPSA) is 29.5 Å². The summed E-state index contributed by atoms with van der Waals surface area (Å²) in [5.74, 6) is 1.16. The number of hydrogen-bond donors (Lipinski definition) is 0. The number of Topliss-reactive ketones (excluding diaryl/α,β-unsaturated/α-hetero) is 1. The summed E-state index contributed by atoms with van der Waals surface area (Å²) in [6.45, 7) is 7.60. The number of benzene rings is 2. The normalized spacial score (nSPS) is 9.91. The molecular weight excluding hydrogens is 286 g/mol. The average Bonchev–Trinajstić information content (AvgIpc) is 2.60. The third-order valence-corrected chi connectivity index (χ3v) is 3.29. The van der Waals surface area contributed by atoms with Crippen LogP contribution in [0.1, 0.15) is 32.8 Å². The monoisotopic (exact) mass is 313 g/mol. The first kappa shape index (κ1) is 18.9. The zero-order valence-electron chi connectivity index (χ0n) is 14.4. The van der Waals surface area contributed by atoms with E-state index in [4.69, 9.17) is 4.84 Å². The van der Waals surface area contributed by atoms with E-state index in [9.17, 15) is 4.79 Å². The Bertz CT molecular complexity index is 536. The van der Waals surface area contributed by atoms with Crippen molar-refractivity contribution >= 4 is 5.78 Å². The molecule has 2 rings (SSSR count). The number of carbonyl (C=O) groups excluding carboxylic acids is 1. The molecule has 3 heteroatoms. The van der Waals surface area contributed by atoms with Crippen LogP contribution in [0.3, 0.4) is 0 Å². The summed E-state index contributed by atoms with van der Waals surface area (Å²) in [5.41, 5.74) is 1.24. The highest BCUT2D eigenvalue weighted by atomic mass is 16.7. The lowest BCUT2D eigenvalue weighted by molar-refractivity contribution is -0.116. The number of ketones is 1. The molecule has 0 saturated carbocycles. The molecule has 0 aliphatic heterocycles. The van der Waals surface area contributed by atoms with Gasteiger partial charge in [0, 0.05) is 19.5 Å². The van der Waals surface area contributed by atoms with Gasteiger partial charge in [0.2, 0.25) is 0 Å². The van der Waals surface area contributed by atoms with Gasteiger partial charge >= 0.3 is 0 Å². The number of rotatable bonds is 7. The van der Waals surface area contributed by atoms with E-state index < -0.39 is 0 Å². The molecule has 0 aliphatic carbocycles. The molecule has 0 aromatic heterocycles. The first-order chi connectivity index (χ1) is 11.2. The van der Waals surface area contributed by atoms with Crippen molar-refractivity contribution in [2.75, 3.05) is 13.1 Å². The maximum atomic E-state index is 10.6. The van der Waals surface area contributed by atoms with E-state index in [0.717, 1.165) is 25.3 Å². The first-order valence-corrected chi connectivity index (χ1v) is 8.17. The maximum Gasteiger partial charge on any atom is 0.147 e. The van der Waals surface area contributed by atoms with Gasteiger partial charge in [-0.2, -0.15) is 0 Å². The zero-order valence-corrected chi connectivity index (χ0v) is 14.4. The van der Waals surface area contributed by atoms with Gasteiger partial charge in [0.05, 0.1) is 0 Å². The molecule has 0 heterocycles. The third-order valence-electron chi connectivity index (χ3n) is 3.29. The lowest BCUT2D eigenvalue weighted by Crippen LogP contribution is -2.26. The van der Waals surface area contributed by atoms with Crippen LogP contribution in [0, 0.1) is 0 Å². The van der Waals surface area contributed by atoms with E-state index in [-0.39, 0.29) is 5.78 Å². The summed E-state index contributed by atoms with van der Waals surface area (Å²) in [6, 6.07) is 19.9. The predicted molar refractivity (Wildman–Crippen MR) is 95.4 cm³/mol. The Morgan fingerprint density at radius 2 is 1.43 bits per heavy atom. The van der Waals surface area contributed by atoms with Crippen molar-refractivity contribution in [3.63, 3.8) is 0 Å². The van der Waals surface area contributed by atoms with Gasteiger partial charge in [-0.15, -0.1) is 5.06 Å². The van der Waals surface area contributed by atoms with Crippen molar-refractivity contribution in [2.45, 2.75) is 33.6 Å². The lowest BCUT2D eigenvalue weighted by atomic mass is 10.1. The molecule has 0 unspecified atom stereocenters. The van der Waals surface area contributed by atoms with Crippen LogP contribution in [0.15, 0.2) is 60.7 Å². The second-order valence-electron chi connectivity index (χ2n) is 5.21. The summed E-state index contributed by atoms with van der Waals surface area (Å²) in [7, 11) is 0. The molecule has 2 aromatic rings. The second kappa shape index (κ2) is 11.4. The summed E-state index contributed by atoms with van der Waals surface area (Å²) in [4.78, 5) is 16.2. The predicted octanol–water partition coefficient (Wildman–Crippen LogP) is 4.53. The fourth-order valence-electron chi connectivity index (χ4n) is 1.95. The maximum absolute atomic E-state index is 10.6. The van der Waals surface area contributed by atoms with Crippen molar-refractivity contribution in [1.29, 1.82) is 0 Å². The van der Waals surface area contributed by atoms with Crippen LogP contribution in [0.2, 0.25) is 0 Å². The van der Waals surface area contributed by atoms with Gasteiger partial charge in [0.25, 0.3) is 0 Å². The largest absolute Gasteiger partial charge is 0.406 e.